The molecule has 2 N–H and O–H groups in total. The molecular weight excluding hydrogens is 412 g/mol. The van der Waals surface area contributed by atoms with Crippen LogP contribution in [-0.4, -0.2) is 27.5 Å². The maximum absolute atomic E-state index is 12.2. The number of nitro groups is 1. The Morgan fingerprint density at radius 3 is 2.76 bits per heavy atom. The Balaban J connectivity index is 2.09. The van der Waals surface area contributed by atoms with Crippen LogP contribution >= 0.6 is 28.1 Å². The van der Waals surface area contributed by atoms with Crippen molar-refractivity contribution < 1.29 is 14.5 Å². The number of amides is 1. The predicted octanol–water partition coefficient (Wildman–Crippen LogP) is 3.28. The van der Waals surface area contributed by atoms with Crippen LogP contribution in [0.5, 0.6) is 5.75 Å². The summed E-state index contributed by atoms with van der Waals surface area (Å²) in [5.74, 6) is -0.0317. The average molecular weight is 425 g/mol. The number of pyridine rings is 1. The van der Waals surface area contributed by atoms with E-state index in [1.54, 1.807) is 25.3 Å². The number of anilines is 1. The molecule has 0 aliphatic carbocycles. The van der Waals surface area contributed by atoms with Gasteiger partial charge in [-0.15, -0.1) is 0 Å². The van der Waals surface area contributed by atoms with Gasteiger partial charge in [0, 0.05) is 22.3 Å². The Morgan fingerprint density at radius 1 is 1.40 bits per heavy atom. The molecule has 0 fully saturated rings. The number of benzene rings is 1. The highest BCUT2D eigenvalue weighted by Crippen LogP contribution is 2.27. The van der Waals surface area contributed by atoms with Crippen molar-refractivity contribution in [1.29, 1.82) is 0 Å². The lowest BCUT2D eigenvalue weighted by atomic mass is 10.1. The van der Waals surface area contributed by atoms with E-state index in [0.717, 1.165) is 10.5 Å². The summed E-state index contributed by atoms with van der Waals surface area (Å²) in [6.07, 6.45) is 1.57. The van der Waals surface area contributed by atoms with Crippen molar-refractivity contribution in [3.05, 3.63) is 56.7 Å². The monoisotopic (exact) mass is 424 g/mol. The normalized spacial score (nSPS) is 10.0. The second kappa shape index (κ2) is 8.49. The van der Waals surface area contributed by atoms with Gasteiger partial charge in [0.2, 0.25) is 0 Å². The van der Waals surface area contributed by atoms with Gasteiger partial charge in [0.25, 0.3) is 5.91 Å². The fraction of sp³-hybridized carbons (Fsp3) is 0.133. The Morgan fingerprint density at radius 2 is 2.16 bits per heavy atom. The molecule has 0 radical (unpaired) electrons. The second-order valence-corrected chi connectivity index (χ2v) is 5.97. The molecule has 0 unspecified atom stereocenters. The van der Waals surface area contributed by atoms with Gasteiger partial charge in [-0.05, 0) is 59.3 Å². The smallest absolute Gasteiger partial charge is 0.311 e. The lowest BCUT2D eigenvalue weighted by molar-refractivity contribution is -0.385. The summed E-state index contributed by atoms with van der Waals surface area (Å²) in [5, 5.41) is 16.3. The minimum Gasteiger partial charge on any atom is -0.487 e. The third-order valence-electron chi connectivity index (χ3n) is 2.91. The van der Waals surface area contributed by atoms with E-state index in [0.29, 0.717) is 5.82 Å². The van der Waals surface area contributed by atoms with Crippen LogP contribution < -0.4 is 15.4 Å². The first-order chi connectivity index (χ1) is 11.9. The molecule has 8 nitrogen and oxygen atoms in total. The molecule has 0 aliphatic rings. The van der Waals surface area contributed by atoms with Gasteiger partial charge < -0.3 is 10.1 Å². The number of thiocarbonyl (C=S) groups is 1. The van der Waals surface area contributed by atoms with Gasteiger partial charge in [-0.2, -0.15) is 0 Å². The number of carbonyl (C=O) groups excluding carboxylic acids is 1. The number of nitro benzene ring substituents is 1. The van der Waals surface area contributed by atoms with E-state index in [2.05, 4.69) is 31.5 Å². The number of hydrogen-bond acceptors (Lipinski definition) is 6. The van der Waals surface area contributed by atoms with E-state index in [9.17, 15) is 14.9 Å². The minimum absolute atomic E-state index is 0.0244. The summed E-state index contributed by atoms with van der Waals surface area (Å²) in [6.45, 7) is 1.99. The molecule has 0 atom stereocenters. The number of hydrogen-bond donors (Lipinski definition) is 2. The van der Waals surface area contributed by atoms with Crippen LogP contribution in [0.25, 0.3) is 0 Å². The van der Waals surface area contributed by atoms with Crippen LogP contribution in [0.4, 0.5) is 11.5 Å². The summed E-state index contributed by atoms with van der Waals surface area (Å²) in [7, 11) is 0. The Bertz CT molecular complexity index is 814. The Labute approximate surface area is 156 Å². The number of halogens is 1. The average Bonchev–Trinajstić information content (AvgIpc) is 2.57. The molecule has 0 aliphatic heterocycles. The van der Waals surface area contributed by atoms with Gasteiger partial charge in [-0.3, -0.25) is 20.2 Å². The van der Waals surface area contributed by atoms with Gasteiger partial charge in [0.1, 0.15) is 5.82 Å². The molecule has 0 saturated heterocycles. The first-order valence-corrected chi connectivity index (χ1v) is 8.26. The molecule has 2 rings (SSSR count). The minimum atomic E-state index is -0.607. The molecule has 0 bridgehead atoms. The van der Waals surface area contributed by atoms with E-state index in [1.807, 2.05) is 0 Å². The second-order valence-electron chi connectivity index (χ2n) is 4.64. The molecule has 1 amide bonds. The topological polar surface area (TPSA) is 106 Å². The van der Waals surface area contributed by atoms with Crippen LogP contribution in [0.2, 0.25) is 0 Å². The predicted molar refractivity (Wildman–Crippen MR) is 99.9 cm³/mol. The number of carbonyl (C=O) groups is 1. The van der Waals surface area contributed by atoms with E-state index in [4.69, 9.17) is 17.0 Å². The third-order valence-corrected chi connectivity index (χ3v) is 3.59. The quantitative estimate of drug-likeness (QED) is 0.430. The van der Waals surface area contributed by atoms with Crippen molar-refractivity contribution in [2.45, 2.75) is 6.92 Å². The number of nitrogens with one attached hydrogen (secondary N) is 2. The van der Waals surface area contributed by atoms with E-state index >= 15 is 0 Å². The van der Waals surface area contributed by atoms with E-state index < -0.39 is 10.8 Å². The first-order valence-electron chi connectivity index (χ1n) is 7.06. The van der Waals surface area contributed by atoms with Crippen LogP contribution in [0.3, 0.4) is 0 Å². The molecule has 25 heavy (non-hydrogen) atoms. The summed E-state index contributed by atoms with van der Waals surface area (Å²) >= 11 is 8.30. The van der Waals surface area contributed by atoms with Gasteiger partial charge in [-0.1, -0.05) is 0 Å². The van der Waals surface area contributed by atoms with Gasteiger partial charge >= 0.3 is 5.69 Å². The summed E-state index contributed by atoms with van der Waals surface area (Å²) in [5.41, 5.74) is -0.203. The molecule has 0 saturated carbocycles. The third kappa shape index (κ3) is 5.19. The Kier molecular flexibility index (Phi) is 6.37. The standard InChI is InChI=1S/C15H13BrN4O4S/c1-2-24-12-5-3-9(7-11(12)20(22)23)14(21)19-15(25)18-13-6-4-10(16)8-17-13/h3-8H,2H2,1H3,(H2,17,18,19,21,25). The zero-order chi connectivity index (χ0) is 18.4. The highest BCUT2D eigenvalue weighted by molar-refractivity contribution is 9.10. The highest BCUT2D eigenvalue weighted by Gasteiger charge is 2.19. The maximum atomic E-state index is 12.2. The van der Waals surface area contributed by atoms with E-state index in [1.165, 1.54) is 12.1 Å². The molecule has 130 valence electrons. The maximum Gasteiger partial charge on any atom is 0.311 e. The van der Waals surface area contributed by atoms with Crippen LogP contribution in [0, 0.1) is 10.1 Å². The lowest BCUT2D eigenvalue weighted by Gasteiger charge is -2.10. The van der Waals surface area contributed by atoms with Crippen LogP contribution in [0.1, 0.15) is 17.3 Å². The van der Waals surface area contributed by atoms with Crippen molar-refractivity contribution in [1.82, 2.24) is 10.3 Å². The molecule has 1 aromatic heterocycles. The molecular formula is C15H13BrN4O4S. The van der Waals surface area contributed by atoms with Crippen LogP contribution in [0.15, 0.2) is 41.0 Å². The lowest BCUT2D eigenvalue weighted by Crippen LogP contribution is -2.34. The van der Waals surface area contributed by atoms with Crippen molar-refractivity contribution in [2.75, 3.05) is 11.9 Å². The molecule has 1 aromatic carbocycles. The van der Waals surface area contributed by atoms with Crippen molar-refractivity contribution in [2.24, 2.45) is 0 Å². The Hall–Kier alpha value is -2.59. The molecule has 0 spiro atoms. The van der Waals surface area contributed by atoms with Gasteiger partial charge in [-0.25, -0.2) is 4.98 Å². The highest BCUT2D eigenvalue weighted by atomic mass is 79.9. The summed E-state index contributed by atoms with van der Waals surface area (Å²) in [4.78, 5) is 26.8. The summed E-state index contributed by atoms with van der Waals surface area (Å²) in [6, 6.07) is 7.37. The van der Waals surface area contributed by atoms with Gasteiger partial charge in [0.15, 0.2) is 10.9 Å². The molecule has 1 heterocycles. The number of nitrogens with zero attached hydrogens (tertiary/aromatic N) is 2. The van der Waals surface area contributed by atoms with E-state index in [-0.39, 0.29) is 28.7 Å². The summed E-state index contributed by atoms with van der Waals surface area (Å²) < 4.78 is 5.98. The zero-order valence-corrected chi connectivity index (χ0v) is 15.4. The molecule has 10 heteroatoms. The SMILES string of the molecule is CCOc1ccc(C(=O)NC(=S)Nc2ccc(Br)cn2)cc1[N+](=O)[O-]. The number of rotatable bonds is 5. The zero-order valence-electron chi connectivity index (χ0n) is 13.0. The van der Waals surface area contributed by atoms with Crippen LogP contribution in [-0.2, 0) is 0 Å². The van der Waals surface area contributed by atoms with Gasteiger partial charge in [0.05, 0.1) is 11.5 Å². The largest absolute Gasteiger partial charge is 0.487 e. The molecule has 2 aromatic rings. The van der Waals surface area contributed by atoms with Crippen molar-refractivity contribution in [3.63, 3.8) is 0 Å². The number of ether oxygens (including phenoxy) is 1. The van der Waals surface area contributed by atoms with Crippen molar-refractivity contribution >= 4 is 50.7 Å². The van der Waals surface area contributed by atoms with Crippen molar-refractivity contribution in [3.8, 4) is 5.75 Å². The first kappa shape index (κ1) is 18.7. The fourth-order valence-electron chi connectivity index (χ4n) is 1.85. The number of aromatic nitrogens is 1. The fourth-order valence-corrected chi connectivity index (χ4v) is 2.28.